The molecule has 0 aromatic carbocycles. The van der Waals surface area contributed by atoms with Gasteiger partial charge in [-0.2, -0.15) is 13.2 Å². The van der Waals surface area contributed by atoms with Crippen LogP contribution in [-0.2, 0) is 26.9 Å². The summed E-state index contributed by atoms with van der Waals surface area (Å²) >= 11 is 0. The zero-order chi connectivity index (χ0) is 16.2. The second-order valence-corrected chi connectivity index (χ2v) is 3.77. The summed E-state index contributed by atoms with van der Waals surface area (Å²) in [6.07, 6.45) is -5.30. The monoisotopic (exact) mass is 306 g/mol. The number of halogens is 3. The van der Waals surface area contributed by atoms with Crippen molar-refractivity contribution < 1.29 is 32.4 Å². The third kappa shape index (κ3) is 4.23. The molecule has 0 saturated heterocycles. The molecule has 0 atom stereocenters. The number of nitrogens with zero attached hydrogens (tertiary/aromatic N) is 2. The molecule has 10 heteroatoms. The number of Topliss-reactive ketones (excluding diaryl/α,β-unsaturated/α-hetero) is 1. The number of rotatable bonds is 5. The van der Waals surface area contributed by atoms with E-state index in [0.717, 1.165) is 0 Å². The molecule has 0 aliphatic heterocycles. The predicted molar refractivity (Wildman–Crippen MR) is 61.2 cm³/mol. The minimum absolute atomic E-state index is 0.100. The van der Waals surface area contributed by atoms with Crippen LogP contribution in [-0.4, -0.2) is 28.3 Å². The summed E-state index contributed by atoms with van der Waals surface area (Å²) in [5, 5.41) is 10.7. The second-order valence-electron chi connectivity index (χ2n) is 3.77. The van der Waals surface area contributed by atoms with E-state index in [-0.39, 0.29) is 6.61 Å². The molecule has 0 unspecified atom stereocenters. The number of ether oxygens (including phenoxy) is 1. The van der Waals surface area contributed by atoms with Gasteiger partial charge >= 0.3 is 12.1 Å². The van der Waals surface area contributed by atoms with Crippen LogP contribution in [0.1, 0.15) is 18.2 Å². The van der Waals surface area contributed by atoms with Crippen LogP contribution in [0.2, 0.25) is 0 Å². The Morgan fingerprint density at radius 3 is 2.52 bits per heavy atom. The Morgan fingerprint density at radius 1 is 1.43 bits per heavy atom. The first-order valence-electron chi connectivity index (χ1n) is 5.57. The van der Waals surface area contributed by atoms with Crippen LogP contribution in [0.25, 0.3) is 0 Å². The maximum absolute atomic E-state index is 12.5. The molecule has 0 fully saturated rings. The van der Waals surface area contributed by atoms with Gasteiger partial charge in [-0.15, -0.1) is 0 Å². The number of ketones is 1. The highest BCUT2D eigenvalue weighted by Crippen LogP contribution is 2.30. The van der Waals surface area contributed by atoms with E-state index in [0.29, 0.717) is 12.3 Å². The fraction of sp³-hybridized carbons (Fsp3) is 0.364. The molecular formula is C11H9F3N2O5. The van der Waals surface area contributed by atoms with Crippen LogP contribution >= 0.6 is 0 Å². The summed E-state index contributed by atoms with van der Waals surface area (Å²) in [5.74, 6) is -2.45. The van der Waals surface area contributed by atoms with E-state index in [2.05, 4.69) is 9.72 Å². The van der Waals surface area contributed by atoms with Gasteiger partial charge in [-0.1, -0.05) is 0 Å². The first-order chi connectivity index (χ1) is 9.66. The van der Waals surface area contributed by atoms with E-state index in [1.807, 2.05) is 0 Å². The zero-order valence-electron chi connectivity index (χ0n) is 10.6. The number of hydrogen-bond acceptors (Lipinski definition) is 6. The maximum atomic E-state index is 12.5. The van der Waals surface area contributed by atoms with Crippen LogP contribution in [0.15, 0.2) is 12.3 Å². The van der Waals surface area contributed by atoms with Crippen LogP contribution in [0.5, 0.6) is 0 Å². The maximum Gasteiger partial charge on any atom is 0.433 e. The number of carbonyl (C=O) groups is 2. The Bertz CT molecular complexity index is 586. The normalized spacial score (nSPS) is 11.0. The lowest BCUT2D eigenvalue weighted by molar-refractivity contribution is -0.385. The van der Waals surface area contributed by atoms with E-state index >= 15 is 0 Å². The average Bonchev–Trinajstić information content (AvgIpc) is 2.37. The van der Waals surface area contributed by atoms with Gasteiger partial charge in [0.15, 0.2) is 0 Å². The molecule has 0 spiro atoms. The van der Waals surface area contributed by atoms with Crippen molar-refractivity contribution in [1.82, 2.24) is 4.98 Å². The summed E-state index contributed by atoms with van der Waals surface area (Å²) in [7, 11) is 0. The topological polar surface area (TPSA) is 99.4 Å². The molecule has 1 aromatic rings. The predicted octanol–water partition coefficient (Wildman–Crippen LogP) is 1.68. The number of carbonyl (C=O) groups excluding carboxylic acids is 2. The van der Waals surface area contributed by atoms with Gasteiger partial charge in [-0.05, 0) is 13.0 Å². The van der Waals surface area contributed by atoms with Gasteiger partial charge in [-0.25, -0.2) is 9.78 Å². The van der Waals surface area contributed by atoms with Crippen molar-refractivity contribution in [3.05, 3.63) is 33.6 Å². The SMILES string of the molecule is CCOC(=O)C(=O)Cc1cc(C(F)(F)F)ncc1[N+](=O)[O-]. The van der Waals surface area contributed by atoms with Crippen LogP contribution < -0.4 is 0 Å². The largest absolute Gasteiger partial charge is 0.460 e. The number of pyridine rings is 1. The first-order valence-corrected chi connectivity index (χ1v) is 5.57. The van der Waals surface area contributed by atoms with Crippen molar-refractivity contribution in [1.29, 1.82) is 0 Å². The lowest BCUT2D eigenvalue weighted by Crippen LogP contribution is -2.20. The van der Waals surface area contributed by atoms with E-state index in [1.54, 1.807) is 0 Å². The highest BCUT2D eigenvalue weighted by Gasteiger charge is 2.35. The highest BCUT2D eigenvalue weighted by molar-refractivity contribution is 6.34. The molecule has 1 heterocycles. The minimum Gasteiger partial charge on any atom is -0.460 e. The Balaban J connectivity index is 3.16. The van der Waals surface area contributed by atoms with Crippen LogP contribution in [0, 0.1) is 10.1 Å². The van der Waals surface area contributed by atoms with Crippen molar-refractivity contribution >= 4 is 17.4 Å². The van der Waals surface area contributed by atoms with Crippen molar-refractivity contribution in [3.8, 4) is 0 Å². The Morgan fingerprint density at radius 2 is 2.05 bits per heavy atom. The molecular weight excluding hydrogens is 297 g/mol. The lowest BCUT2D eigenvalue weighted by Gasteiger charge is -2.08. The highest BCUT2D eigenvalue weighted by atomic mass is 19.4. The smallest absolute Gasteiger partial charge is 0.433 e. The standard InChI is InChI=1S/C11H9F3N2O5/c1-2-21-10(18)8(17)3-6-4-9(11(12,13)14)15-5-7(6)16(19)20/h4-5H,2-3H2,1H3. The van der Waals surface area contributed by atoms with Gasteiger partial charge in [0.1, 0.15) is 11.9 Å². The Hall–Kier alpha value is -2.52. The molecule has 0 saturated carbocycles. The number of alkyl halides is 3. The van der Waals surface area contributed by atoms with E-state index in [9.17, 15) is 32.9 Å². The molecule has 0 aliphatic carbocycles. The molecule has 1 rings (SSSR count). The van der Waals surface area contributed by atoms with Crippen LogP contribution in [0.3, 0.4) is 0 Å². The third-order valence-corrected chi connectivity index (χ3v) is 2.31. The quantitative estimate of drug-likeness (QED) is 0.355. The fourth-order valence-electron chi connectivity index (χ4n) is 1.41. The van der Waals surface area contributed by atoms with Crippen LogP contribution in [0.4, 0.5) is 18.9 Å². The van der Waals surface area contributed by atoms with Crippen molar-refractivity contribution in [2.75, 3.05) is 6.61 Å². The van der Waals surface area contributed by atoms with Gasteiger partial charge in [0.25, 0.3) is 5.69 Å². The van der Waals surface area contributed by atoms with Crippen molar-refractivity contribution in [3.63, 3.8) is 0 Å². The number of hydrogen-bond donors (Lipinski definition) is 0. The van der Waals surface area contributed by atoms with Gasteiger partial charge in [0.05, 0.1) is 11.5 Å². The Kier molecular flexibility index (Phi) is 4.95. The number of esters is 1. The number of aromatic nitrogens is 1. The molecule has 0 N–H and O–H groups in total. The van der Waals surface area contributed by atoms with E-state index < -0.39 is 46.2 Å². The summed E-state index contributed by atoms with van der Waals surface area (Å²) in [5.41, 5.74) is -2.72. The summed E-state index contributed by atoms with van der Waals surface area (Å²) < 4.78 is 41.9. The first kappa shape index (κ1) is 16.5. The van der Waals surface area contributed by atoms with Crippen molar-refractivity contribution in [2.24, 2.45) is 0 Å². The molecule has 1 aromatic heterocycles. The van der Waals surface area contributed by atoms with E-state index in [4.69, 9.17) is 0 Å². The van der Waals surface area contributed by atoms with Gasteiger partial charge in [-0.3, -0.25) is 14.9 Å². The summed E-state index contributed by atoms with van der Waals surface area (Å²) in [4.78, 5) is 35.2. The van der Waals surface area contributed by atoms with E-state index in [1.165, 1.54) is 6.92 Å². The Labute approximate surface area is 115 Å². The van der Waals surface area contributed by atoms with Gasteiger partial charge < -0.3 is 4.74 Å². The third-order valence-electron chi connectivity index (χ3n) is 2.31. The zero-order valence-corrected chi connectivity index (χ0v) is 10.6. The minimum atomic E-state index is -4.82. The average molecular weight is 306 g/mol. The molecule has 0 amide bonds. The summed E-state index contributed by atoms with van der Waals surface area (Å²) in [6.45, 7) is 1.33. The van der Waals surface area contributed by atoms with Gasteiger partial charge in [0, 0.05) is 12.0 Å². The summed E-state index contributed by atoms with van der Waals surface area (Å²) in [6, 6.07) is 0.370. The second kappa shape index (κ2) is 6.29. The van der Waals surface area contributed by atoms with Gasteiger partial charge in [0.2, 0.25) is 5.78 Å². The molecule has 21 heavy (non-hydrogen) atoms. The lowest BCUT2D eigenvalue weighted by atomic mass is 10.1. The number of nitro groups is 1. The van der Waals surface area contributed by atoms with Crippen molar-refractivity contribution in [2.45, 2.75) is 19.5 Å². The molecule has 0 radical (unpaired) electrons. The fourth-order valence-corrected chi connectivity index (χ4v) is 1.41. The molecule has 0 aliphatic rings. The molecule has 0 bridgehead atoms. The molecule has 7 nitrogen and oxygen atoms in total. The molecule has 114 valence electrons.